The second kappa shape index (κ2) is 5.24. The molecule has 1 aliphatic heterocycles. The van der Waals surface area contributed by atoms with Gasteiger partial charge in [-0.15, -0.1) is 0 Å². The van der Waals surface area contributed by atoms with Gasteiger partial charge in [-0.05, 0) is 24.1 Å². The van der Waals surface area contributed by atoms with Crippen LogP contribution in [0.4, 0.5) is 9.18 Å². The summed E-state index contributed by atoms with van der Waals surface area (Å²) >= 11 is 3.39. The highest BCUT2D eigenvalue weighted by atomic mass is 79.9. The van der Waals surface area contributed by atoms with Crippen molar-refractivity contribution in [2.24, 2.45) is 0 Å². The number of hydrogen-bond donors (Lipinski definition) is 1. The number of fused-ring (bicyclic) bond motifs is 1. The summed E-state index contributed by atoms with van der Waals surface area (Å²) in [4.78, 5) is 11.9. The third kappa shape index (κ3) is 2.49. The smallest absolute Gasteiger partial charge is 0.407 e. The largest absolute Gasteiger partial charge is 0.465 e. The Balaban J connectivity index is 2.33. The van der Waals surface area contributed by atoms with Crippen LogP contribution in [0.5, 0.6) is 0 Å². The Labute approximate surface area is 112 Å². The van der Waals surface area contributed by atoms with Crippen molar-refractivity contribution >= 4 is 22.0 Å². The molecule has 6 heteroatoms. The van der Waals surface area contributed by atoms with Crippen LogP contribution >= 0.6 is 15.9 Å². The number of ether oxygens (including phenoxy) is 1. The molecule has 1 aromatic carbocycles. The second-order valence-corrected chi connectivity index (χ2v) is 5.05. The molecule has 0 saturated heterocycles. The Kier molecular flexibility index (Phi) is 3.87. The fraction of sp³-hybridized carbons (Fsp3) is 0.417. The number of halogens is 2. The Morgan fingerprint density at radius 2 is 2.39 bits per heavy atom. The lowest BCUT2D eigenvalue weighted by Crippen LogP contribution is -2.33. The number of likely N-dealkylation sites (N-methyl/N-ethyl adjacent to an activating group) is 1. The summed E-state index contributed by atoms with van der Waals surface area (Å²) in [6.07, 6.45) is -0.977. The van der Waals surface area contributed by atoms with Crippen LogP contribution in [0.3, 0.4) is 0 Å². The van der Waals surface area contributed by atoms with Gasteiger partial charge >= 0.3 is 6.09 Å². The van der Waals surface area contributed by atoms with Crippen molar-refractivity contribution < 1.29 is 19.0 Å². The monoisotopic (exact) mass is 317 g/mol. The summed E-state index contributed by atoms with van der Waals surface area (Å²) in [5.41, 5.74) is 1.33. The first-order valence-electron chi connectivity index (χ1n) is 5.53. The highest BCUT2D eigenvalue weighted by Gasteiger charge is 2.28. The van der Waals surface area contributed by atoms with E-state index in [1.807, 2.05) is 0 Å². The van der Waals surface area contributed by atoms with E-state index in [1.165, 1.54) is 13.1 Å². The lowest BCUT2D eigenvalue weighted by atomic mass is 9.96. The maximum absolute atomic E-state index is 13.9. The van der Waals surface area contributed by atoms with Gasteiger partial charge in [0.15, 0.2) is 0 Å². The van der Waals surface area contributed by atoms with Crippen LogP contribution in [-0.2, 0) is 11.2 Å². The van der Waals surface area contributed by atoms with Gasteiger partial charge in [0.2, 0.25) is 0 Å². The lowest BCUT2D eigenvalue weighted by molar-refractivity contribution is 0.0197. The zero-order valence-electron chi connectivity index (χ0n) is 9.82. The quantitative estimate of drug-likeness (QED) is 0.912. The fourth-order valence-electron chi connectivity index (χ4n) is 2.07. The molecular formula is C12H13BrFNO3. The van der Waals surface area contributed by atoms with Crippen molar-refractivity contribution in [1.29, 1.82) is 0 Å². The normalized spacial score (nSPS) is 18.3. The molecule has 0 saturated carbocycles. The minimum atomic E-state index is -1.05. The summed E-state index contributed by atoms with van der Waals surface area (Å²) in [6.45, 7) is 0.586. The van der Waals surface area contributed by atoms with E-state index in [2.05, 4.69) is 15.9 Å². The summed E-state index contributed by atoms with van der Waals surface area (Å²) in [7, 11) is 1.44. The van der Waals surface area contributed by atoms with Crippen LogP contribution < -0.4 is 0 Å². The van der Waals surface area contributed by atoms with Crippen molar-refractivity contribution in [1.82, 2.24) is 4.90 Å². The molecule has 1 unspecified atom stereocenters. The van der Waals surface area contributed by atoms with Gasteiger partial charge in [0.05, 0.1) is 13.2 Å². The molecule has 1 N–H and O–H groups in total. The van der Waals surface area contributed by atoms with Gasteiger partial charge in [-0.3, -0.25) is 0 Å². The van der Waals surface area contributed by atoms with E-state index in [0.717, 1.165) is 14.9 Å². The van der Waals surface area contributed by atoms with Crippen LogP contribution in [0.2, 0.25) is 0 Å². The molecule has 0 spiro atoms. The molecule has 1 atom stereocenters. The van der Waals surface area contributed by atoms with Crippen LogP contribution in [0, 0.1) is 5.82 Å². The van der Waals surface area contributed by atoms with Gasteiger partial charge in [0.25, 0.3) is 0 Å². The first-order valence-corrected chi connectivity index (χ1v) is 6.32. The SMILES string of the molecule is CN(CC1OCCc2c(Br)ccc(F)c21)C(=O)O. The van der Waals surface area contributed by atoms with E-state index in [9.17, 15) is 9.18 Å². The van der Waals surface area contributed by atoms with Crippen LogP contribution in [0.1, 0.15) is 17.2 Å². The standard InChI is InChI=1S/C12H13BrFNO3/c1-15(12(16)17)6-10-11-7(4-5-18-10)8(13)2-3-9(11)14/h2-3,10H,4-6H2,1H3,(H,16,17). The molecule has 2 rings (SSSR count). The third-order valence-electron chi connectivity index (χ3n) is 3.01. The minimum absolute atomic E-state index is 0.121. The van der Waals surface area contributed by atoms with Gasteiger partial charge in [-0.2, -0.15) is 0 Å². The Morgan fingerprint density at radius 1 is 1.67 bits per heavy atom. The number of benzene rings is 1. The molecule has 0 fully saturated rings. The van der Waals surface area contributed by atoms with E-state index in [0.29, 0.717) is 18.6 Å². The van der Waals surface area contributed by atoms with E-state index < -0.39 is 12.2 Å². The molecule has 98 valence electrons. The van der Waals surface area contributed by atoms with Gasteiger partial charge in [-0.1, -0.05) is 15.9 Å². The molecule has 0 bridgehead atoms. The molecule has 1 aromatic rings. The first kappa shape index (κ1) is 13.3. The van der Waals surface area contributed by atoms with E-state index >= 15 is 0 Å². The van der Waals surface area contributed by atoms with Crippen molar-refractivity contribution in [3.8, 4) is 0 Å². The Morgan fingerprint density at radius 3 is 3.06 bits per heavy atom. The number of hydrogen-bond acceptors (Lipinski definition) is 2. The summed E-state index contributed by atoms with van der Waals surface area (Å²) in [6, 6.07) is 3.03. The van der Waals surface area contributed by atoms with Gasteiger partial charge in [-0.25, -0.2) is 9.18 Å². The van der Waals surface area contributed by atoms with Crippen LogP contribution in [0.15, 0.2) is 16.6 Å². The number of rotatable bonds is 2. The molecule has 1 amide bonds. The fourth-order valence-corrected chi connectivity index (χ4v) is 2.61. The third-order valence-corrected chi connectivity index (χ3v) is 3.75. The Hall–Kier alpha value is -1.14. The topological polar surface area (TPSA) is 49.8 Å². The highest BCUT2D eigenvalue weighted by Crippen LogP contribution is 2.34. The van der Waals surface area contributed by atoms with E-state index in [1.54, 1.807) is 6.07 Å². The molecule has 0 aromatic heterocycles. The number of amides is 1. The predicted octanol–water partition coefficient (Wildman–Crippen LogP) is 2.81. The lowest BCUT2D eigenvalue weighted by Gasteiger charge is -2.29. The molecule has 0 radical (unpaired) electrons. The second-order valence-electron chi connectivity index (χ2n) is 4.19. The van der Waals surface area contributed by atoms with Crippen molar-refractivity contribution in [2.45, 2.75) is 12.5 Å². The van der Waals surface area contributed by atoms with E-state index in [4.69, 9.17) is 9.84 Å². The minimum Gasteiger partial charge on any atom is -0.465 e. The molecule has 4 nitrogen and oxygen atoms in total. The molecule has 18 heavy (non-hydrogen) atoms. The summed E-state index contributed by atoms with van der Waals surface area (Å²) < 4.78 is 20.2. The number of carboxylic acid groups (broad SMARTS) is 1. The maximum Gasteiger partial charge on any atom is 0.407 e. The number of nitrogens with zero attached hydrogens (tertiary/aromatic N) is 1. The van der Waals surface area contributed by atoms with E-state index in [-0.39, 0.29) is 12.4 Å². The first-order chi connectivity index (χ1) is 8.50. The van der Waals surface area contributed by atoms with Gasteiger partial charge < -0.3 is 14.7 Å². The molecular weight excluding hydrogens is 305 g/mol. The van der Waals surface area contributed by atoms with Crippen LogP contribution in [0.25, 0.3) is 0 Å². The van der Waals surface area contributed by atoms with Crippen LogP contribution in [-0.4, -0.2) is 36.3 Å². The zero-order valence-corrected chi connectivity index (χ0v) is 11.4. The van der Waals surface area contributed by atoms with Crippen molar-refractivity contribution in [3.63, 3.8) is 0 Å². The average molecular weight is 318 g/mol. The Bertz CT molecular complexity index is 481. The summed E-state index contributed by atoms with van der Waals surface area (Å²) in [5.74, 6) is -0.350. The molecule has 0 aliphatic carbocycles. The highest BCUT2D eigenvalue weighted by molar-refractivity contribution is 9.10. The average Bonchev–Trinajstić information content (AvgIpc) is 2.34. The molecule has 1 aliphatic rings. The van der Waals surface area contributed by atoms with Gasteiger partial charge in [0.1, 0.15) is 11.9 Å². The van der Waals surface area contributed by atoms with Crippen molar-refractivity contribution in [2.75, 3.05) is 20.2 Å². The number of carbonyl (C=O) groups is 1. The molecule has 1 heterocycles. The zero-order chi connectivity index (χ0) is 13.3. The summed E-state index contributed by atoms with van der Waals surface area (Å²) in [5, 5.41) is 8.85. The predicted molar refractivity (Wildman–Crippen MR) is 67.2 cm³/mol. The maximum atomic E-state index is 13.9. The van der Waals surface area contributed by atoms with Crippen molar-refractivity contribution in [3.05, 3.63) is 33.5 Å². The van der Waals surface area contributed by atoms with Gasteiger partial charge in [0, 0.05) is 17.1 Å².